The lowest BCUT2D eigenvalue weighted by molar-refractivity contribution is -0.122. The van der Waals surface area contributed by atoms with Crippen LogP contribution in [-0.4, -0.2) is 33.5 Å². The second-order valence-electron chi connectivity index (χ2n) is 3.74. The normalized spacial score (nSPS) is 13.0. The number of rotatable bonds is 6. The first kappa shape index (κ1) is 14.6. The van der Waals surface area contributed by atoms with Crippen molar-refractivity contribution in [1.82, 2.24) is 10.0 Å². The Morgan fingerprint density at radius 2 is 1.94 bits per heavy atom. The van der Waals surface area contributed by atoms with Gasteiger partial charge in [0.05, 0.1) is 10.9 Å². The van der Waals surface area contributed by atoms with Crippen molar-refractivity contribution in [3.63, 3.8) is 0 Å². The molecule has 0 aliphatic heterocycles. The Balaban J connectivity index is 2.69. The minimum atomic E-state index is -3.67. The lowest BCUT2D eigenvalue weighted by Gasteiger charge is -2.14. The second-order valence-corrected chi connectivity index (χ2v) is 5.45. The van der Waals surface area contributed by atoms with Crippen molar-refractivity contribution in [3.05, 3.63) is 30.3 Å². The summed E-state index contributed by atoms with van der Waals surface area (Å²) in [6, 6.07) is 7.04. The molecule has 1 amide bonds. The number of hydrogen-bond acceptors (Lipinski definition) is 4. The Labute approximate surface area is 107 Å². The molecule has 100 valence electrons. The molecule has 1 atom stereocenters. The number of nitrogens with two attached hydrogens (primary N) is 1. The highest BCUT2D eigenvalue weighted by atomic mass is 32.2. The molecule has 1 unspecified atom stereocenters. The van der Waals surface area contributed by atoms with Crippen LogP contribution in [-0.2, 0) is 14.8 Å². The molecular formula is C11H17N3O3S. The summed E-state index contributed by atoms with van der Waals surface area (Å²) in [6.07, 6.45) is 0. The van der Waals surface area contributed by atoms with Gasteiger partial charge in [0.2, 0.25) is 15.9 Å². The fourth-order valence-corrected chi connectivity index (χ4v) is 2.53. The summed E-state index contributed by atoms with van der Waals surface area (Å²) in [5.74, 6) is -0.403. The van der Waals surface area contributed by atoms with Gasteiger partial charge in [-0.05, 0) is 19.1 Å². The van der Waals surface area contributed by atoms with Gasteiger partial charge < -0.3 is 11.1 Å². The molecule has 0 fully saturated rings. The van der Waals surface area contributed by atoms with E-state index in [4.69, 9.17) is 5.73 Å². The molecule has 0 aliphatic carbocycles. The van der Waals surface area contributed by atoms with Gasteiger partial charge in [-0.15, -0.1) is 0 Å². The number of amides is 1. The maximum atomic E-state index is 11.9. The van der Waals surface area contributed by atoms with E-state index in [0.29, 0.717) is 13.1 Å². The lowest BCUT2D eigenvalue weighted by atomic mass is 10.3. The van der Waals surface area contributed by atoms with Crippen LogP contribution in [0.2, 0.25) is 0 Å². The van der Waals surface area contributed by atoms with Gasteiger partial charge in [0, 0.05) is 13.1 Å². The molecule has 0 bridgehead atoms. The zero-order chi connectivity index (χ0) is 13.6. The number of nitrogens with one attached hydrogen (secondary N) is 2. The minimum absolute atomic E-state index is 0.128. The predicted molar refractivity (Wildman–Crippen MR) is 68.3 cm³/mol. The topological polar surface area (TPSA) is 101 Å². The second kappa shape index (κ2) is 6.48. The third-order valence-corrected chi connectivity index (χ3v) is 3.78. The molecule has 1 rings (SSSR count). The third-order valence-electron chi connectivity index (χ3n) is 2.22. The van der Waals surface area contributed by atoms with Crippen LogP contribution in [0.3, 0.4) is 0 Å². The molecule has 1 aromatic rings. The Morgan fingerprint density at radius 1 is 1.33 bits per heavy atom. The van der Waals surface area contributed by atoms with Crippen LogP contribution in [0.1, 0.15) is 6.92 Å². The van der Waals surface area contributed by atoms with Crippen LogP contribution in [0.25, 0.3) is 0 Å². The fourth-order valence-electron chi connectivity index (χ4n) is 1.30. The standard InChI is InChI=1S/C11H17N3O3S/c1-9(11(15)13-8-7-12)14-18(16,17)10-5-3-2-4-6-10/h2-6,9,14H,7-8,12H2,1H3,(H,13,15). The van der Waals surface area contributed by atoms with Gasteiger partial charge in [-0.1, -0.05) is 18.2 Å². The average molecular weight is 271 g/mol. The molecule has 4 N–H and O–H groups in total. The first-order valence-corrected chi connectivity index (χ1v) is 7.01. The Kier molecular flexibility index (Phi) is 5.26. The molecule has 1 aromatic carbocycles. The van der Waals surface area contributed by atoms with Gasteiger partial charge in [-0.2, -0.15) is 4.72 Å². The first-order valence-electron chi connectivity index (χ1n) is 5.52. The number of sulfonamides is 1. The zero-order valence-electron chi connectivity index (χ0n) is 10.1. The van der Waals surface area contributed by atoms with Crippen molar-refractivity contribution in [2.45, 2.75) is 17.9 Å². The summed E-state index contributed by atoms with van der Waals surface area (Å²) in [7, 11) is -3.67. The zero-order valence-corrected chi connectivity index (χ0v) is 10.9. The van der Waals surface area contributed by atoms with Crippen molar-refractivity contribution in [3.8, 4) is 0 Å². The van der Waals surface area contributed by atoms with Crippen LogP contribution in [0.4, 0.5) is 0 Å². The molecule has 0 spiro atoms. The highest BCUT2D eigenvalue weighted by Crippen LogP contribution is 2.07. The van der Waals surface area contributed by atoms with Gasteiger partial charge in [0.15, 0.2) is 0 Å². The Bertz CT molecular complexity index is 488. The van der Waals surface area contributed by atoms with Crippen molar-refractivity contribution >= 4 is 15.9 Å². The smallest absolute Gasteiger partial charge is 0.241 e. The fraction of sp³-hybridized carbons (Fsp3) is 0.364. The third kappa shape index (κ3) is 4.10. The van der Waals surface area contributed by atoms with Gasteiger partial charge in [0.25, 0.3) is 0 Å². The summed E-state index contributed by atoms with van der Waals surface area (Å²) < 4.78 is 26.1. The molecule has 18 heavy (non-hydrogen) atoms. The quantitative estimate of drug-likeness (QED) is 0.645. The molecule has 0 saturated carbocycles. The Morgan fingerprint density at radius 3 is 2.50 bits per heavy atom. The van der Waals surface area contributed by atoms with E-state index in [1.807, 2.05) is 0 Å². The molecule has 0 heterocycles. The van der Waals surface area contributed by atoms with E-state index in [0.717, 1.165) is 0 Å². The van der Waals surface area contributed by atoms with Crippen LogP contribution >= 0.6 is 0 Å². The van der Waals surface area contributed by atoms with Crippen molar-refractivity contribution in [1.29, 1.82) is 0 Å². The molecular weight excluding hydrogens is 254 g/mol. The number of benzene rings is 1. The van der Waals surface area contributed by atoms with Gasteiger partial charge >= 0.3 is 0 Å². The molecule has 7 heteroatoms. The summed E-state index contributed by atoms with van der Waals surface area (Å²) in [5.41, 5.74) is 5.24. The monoisotopic (exact) mass is 271 g/mol. The van der Waals surface area contributed by atoms with Crippen LogP contribution in [0.5, 0.6) is 0 Å². The molecule has 0 aromatic heterocycles. The average Bonchev–Trinajstić information content (AvgIpc) is 2.36. The molecule has 0 radical (unpaired) electrons. The van der Waals surface area contributed by atoms with E-state index in [-0.39, 0.29) is 4.90 Å². The van der Waals surface area contributed by atoms with Crippen molar-refractivity contribution < 1.29 is 13.2 Å². The van der Waals surface area contributed by atoms with Gasteiger partial charge in [-0.3, -0.25) is 4.79 Å². The first-order chi connectivity index (χ1) is 8.47. The van der Waals surface area contributed by atoms with E-state index in [1.165, 1.54) is 19.1 Å². The van der Waals surface area contributed by atoms with Crippen LogP contribution in [0, 0.1) is 0 Å². The van der Waals surface area contributed by atoms with E-state index in [1.54, 1.807) is 18.2 Å². The highest BCUT2D eigenvalue weighted by molar-refractivity contribution is 7.89. The summed E-state index contributed by atoms with van der Waals surface area (Å²) in [6.45, 7) is 2.10. The summed E-state index contributed by atoms with van der Waals surface area (Å²) in [4.78, 5) is 11.6. The lowest BCUT2D eigenvalue weighted by Crippen LogP contribution is -2.45. The Hall–Kier alpha value is -1.44. The molecule has 6 nitrogen and oxygen atoms in total. The highest BCUT2D eigenvalue weighted by Gasteiger charge is 2.21. The minimum Gasteiger partial charge on any atom is -0.353 e. The van der Waals surface area contributed by atoms with Crippen molar-refractivity contribution in [2.75, 3.05) is 13.1 Å². The van der Waals surface area contributed by atoms with E-state index >= 15 is 0 Å². The summed E-state index contributed by atoms with van der Waals surface area (Å²) in [5, 5.41) is 2.52. The summed E-state index contributed by atoms with van der Waals surface area (Å²) >= 11 is 0. The maximum absolute atomic E-state index is 11.9. The van der Waals surface area contributed by atoms with E-state index in [2.05, 4.69) is 10.0 Å². The van der Waals surface area contributed by atoms with E-state index in [9.17, 15) is 13.2 Å². The van der Waals surface area contributed by atoms with Crippen LogP contribution < -0.4 is 15.8 Å². The molecule has 0 aliphatic rings. The van der Waals surface area contributed by atoms with Gasteiger partial charge in [-0.25, -0.2) is 8.42 Å². The molecule has 0 saturated heterocycles. The van der Waals surface area contributed by atoms with E-state index < -0.39 is 22.0 Å². The number of carbonyl (C=O) groups is 1. The number of carbonyl (C=O) groups excluding carboxylic acids is 1. The number of hydrogen-bond donors (Lipinski definition) is 3. The maximum Gasteiger partial charge on any atom is 0.241 e. The SMILES string of the molecule is CC(NS(=O)(=O)c1ccccc1)C(=O)NCCN. The van der Waals surface area contributed by atoms with Crippen molar-refractivity contribution in [2.24, 2.45) is 5.73 Å². The van der Waals surface area contributed by atoms with Gasteiger partial charge in [0.1, 0.15) is 0 Å². The predicted octanol–water partition coefficient (Wildman–Crippen LogP) is -0.572. The van der Waals surface area contributed by atoms with Crippen LogP contribution in [0.15, 0.2) is 35.2 Å². The largest absolute Gasteiger partial charge is 0.353 e.